The molecule has 0 aromatic carbocycles. The molecule has 4 nitrogen and oxygen atoms in total. The Morgan fingerprint density at radius 2 is 1.92 bits per heavy atom. The highest BCUT2D eigenvalue weighted by Crippen LogP contribution is 2.39. The molecule has 1 aliphatic heterocycles. The summed E-state index contributed by atoms with van der Waals surface area (Å²) >= 11 is 0. The van der Waals surface area contributed by atoms with Gasteiger partial charge in [0, 0.05) is 29.8 Å². The van der Waals surface area contributed by atoms with Crippen molar-refractivity contribution in [1.82, 2.24) is 5.32 Å². The molecule has 4 unspecified atom stereocenters. The maximum atomic E-state index is 12.4. The zero-order valence-electron chi connectivity index (χ0n) is 16.8. The van der Waals surface area contributed by atoms with Crippen molar-refractivity contribution in [3.63, 3.8) is 0 Å². The molecule has 1 saturated heterocycles. The first-order chi connectivity index (χ1) is 11.7. The monoisotopic (exact) mass is 351 g/mol. The summed E-state index contributed by atoms with van der Waals surface area (Å²) in [5.74, 6) is 1.63. The van der Waals surface area contributed by atoms with E-state index in [1.165, 1.54) is 12.8 Å². The number of carbonyl (C=O) groups excluding carboxylic acids is 2. The molecule has 0 aromatic heterocycles. The SMILES string of the molecule is CCC1CCC(CC(=O)OCC2CC(C)(C)NC2(C)C)C(CC=O)C1. The molecule has 4 atom stereocenters. The van der Waals surface area contributed by atoms with Gasteiger partial charge in [-0.1, -0.05) is 19.8 Å². The third-order valence-corrected chi connectivity index (χ3v) is 6.54. The van der Waals surface area contributed by atoms with Crippen LogP contribution in [-0.4, -0.2) is 29.9 Å². The molecule has 144 valence electrons. The summed E-state index contributed by atoms with van der Waals surface area (Å²) < 4.78 is 5.67. The van der Waals surface area contributed by atoms with Gasteiger partial charge >= 0.3 is 5.97 Å². The first kappa shape index (κ1) is 20.4. The first-order valence-corrected chi connectivity index (χ1v) is 10.1. The number of nitrogens with one attached hydrogen (secondary N) is 1. The Balaban J connectivity index is 1.84. The lowest BCUT2D eigenvalue weighted by atomic mass is 9.71. The lowest BCUT2D eigenvalue weighted by Crippen LogP contribution is -2.45. The smallest absolute Gasteiger partial charge is 0.306 e. The molecule has 2 fully saturated rings. The van der Waals surface area contributed by atoms with Crippen LogP contribution in [0, 0.1) is 23.7 Å². The van der Waals surface area contributed by atoms with Crippen molar-refractivity contribution in [1.29, 1.82) is 0 Å². The van der Waals surface area contributed by atoms with Crippen molar-refractivity contribution in [2.24, 2.45) is 23.7 Å². The van der Waals surface area contributed by atoms with Gasteiger partial charge in [-0.3, -0.25) is 4.79 Å². The van der Waals surface area contributed by atoms with Gasteiger partial charge < -0.3 is 14.8 Å². The van der Waals surface area contributed by atoms with Gasteiger partial charge in [-0.15, -0.1) is 0 Å². The number of hydrogen-bond donors (Lipinski definition) is 1. The van der Waals surface area contributed by atoms with Crippen molar-refractivity contribution in [3.05, 3.63) is 0 Å². The van der Waals surface area contributed by atoms with Crippen molar-refractivity contribution in [2.75, 3.05) is 6.61 Å². The van der Waals surface area contributed by atoms with Gasteiger partial charge in [-0.25, -0.2) is 0 Å². The van der Waals surface area contributed by atoms with Crippen molar-refractivity contribution < 1.29 is 14.3 Å². The van der Waals surface area contributed by atoms with Gasteiger partial charge in [0.05, 0.1) is 6.61 Å². The highest BCUT2D eigenvalue weighted by atomic mass is 16.5. The fraction of sp³-hybridized carbons (Fsp3) is 0.905. The highest BCUT2D eigenvalue weighted by Gasteiger charge is 2.44. The lowest BCUT2D eigenvalue weighted by Gasteiger charge is -2.35. The standard InChI is InChI=1S/C21H37NO3/c1-6-15-7-8-16(17(11-15)9-10-23)12-19(24)25-14-18-13-20(2,3)22-21(18,4)5/h10,15-18,22H,6-9,11-14H2,1-5H3. The predicted molar refractivity (Wildman–Crippen MR) is 100 cm³/mol. The maximum Gasteiger partial charge on any atom is 0.306 e. The van der Waals surface area contributed by atoms with E-state index in [4.69, 9.17) is 4.74 Å². The van der Waals surface area contributed by atoms with Crippen LogP contribution in [0.15, 0.2) is 0 Å². The minimum atomic E-state index is -0.0867. The van der Waals surface area contributed by atoms with Gasteiger partial charge in [-0.05, 0) is 64.7 Å². The molecule has 0 bridgehead atoms. The molecule has 1 saturated carbocycles. The fourth-order valence-electron chi connectivity index (χ4n) is 5.11. The Kier molecular flexibility index (Phi) is 6.69. The van der Waals surface area contributed by atoms with E-state index in [9.17, 15) is 9.59 Å². The number of aldehydes is 1. The van der Waals surface area contributed by atoms with Crippen LogP contribution in [-0.2, 0) is 14.3 Å². The summed E-state index contributed by atoms with van der Waals surface area (Å²) in [4.78, 5) is 23.4. The van der Waals surface area contributed by atoms with Crippen LogP contribution in [0.4, 0.5) is 0 Å². The quantitative estimate of drug-likeness (QED) is 0.554. The molecule has 0 amide bonds. The molecule has 25 heavy (non-hydrogen) atoms. The van der Waals surface area contributed by atoms with E-state index in [2.05, 4.69) is 39.9 Å². The van der Waals surface area contributed by atoms with Crippen LogP contribution in [0.25, 0.3) is 0 Å². The maximum absolute atomic E-state index is 12.4. The van der Waals surface area contributed by atoms with E-state index < -0.39 is 0 Å². The summed E-state index contributed by atoms with van der Waals surface area (Å²) in [5.41, 5.74) is 0.0805. The second-order valence-corrected chi connectivity index (χ2v) is 9.53. The zero-order valence-corrected chi connectivity index (χ0v) is 16.8. The number of carbonyl (C=O) groups is 2. The van der Waals surface area contributed by atoms with Crippen LogP contribution in [0.1, 0.15) is 79.6 Å². The van der Waals surface area contributed by atoms with E-state index >= 15 is 0 Å². The topological polar surface area (TPSA) is 55.4 Å². The van der Waals surface area contributed by atoms with Gasteiger partial charge in [-0.2, -0.15) is 0 Å². The Bertz CT molecular complexity index is 472. The first-order valence-electron chi connectivity index (χ1n) is 10.1. The molecule has 4 heteroatoms. The van der Waals surface area contributed by atoms with Crippen LogP contribution < -0.4 is 5.32 Å². The van der Waals surface area contributed by atoms with E-state index in [-0.39, 0.29) is 17.0 Å². The van der Waals surface area contributed by atoms with Crippen LogP contribution in [0.3, 0.4) is 0 Å². The highest BCUT2D eigenvalue weighted by molar-refractivity contribution is 5.69. The largest absolute Gasteiger partial charge is 0.465 e. The second-order valence-electron chi connectivity index (χ2n) is 9.53. The third-order valence-electron chi connectivity index (χ3n) is 6.54. The minimum absolute atomic E-state index is 0.0109. The van der Waals surface area contributed by atoms with Crippen LogP contribution in [0.5, 0.6) is 0 Å². The minimum Gasteiger partial charge on any atom is -0.465 e. The number of esters is 1. The van der Waals surface area contributed by atoms with Gasteiger partial charge in [0.25, 0.3) is 0 Å². The van der Waals surface area contributed by atoms with Crippen molar-refractivity contribution in [3.8, 4) is 0 Å². The van der Waals surface area contributed by atoms with Crippen LogP contribution in [0.2, 0.25) is 0 Å². The molecule has 0 radical (unpaired) electrons. The summed E-state index contributed by atoms with van der Waals surface area (Å²) in [6.45, 7) is 11.5. The Labute approximate surface area is 153 Å². The molecule has 1 heterocycles. The van der Waals surface area contributed by atoms with Gasteiger partial charge in [0.2, 0.25) is 0 Å². The molecular weight excluding hydrogens is 314 g/mol. The fourth-order valence-corrected chi connectivity index (χ4v) is 5.11. The van der Waals surface area contributed by atoms with Gasteiger partial charge in [0.15, 0.2) is 0 Å². The summed E-state index contributed by atoms with van der Waals surface area (Å²) in [6, 6.07) is 0. The molecule has 1 aliphatic carbocycles. The lowest BCUT2D eigenvalue weighted by molar-refractivity contribution is -0.147. The summed E-state index contributed by atoms with van der Waals surface area (Å²) in [5, 5.41) is 3.63. The zero-order chi connectivity index (χ0) is 18.7. The van der Waals surface area contributed by atoms with E-state index in [1.807, 2.05) is 0 Å². The Morgan fingerprint density at radius 1 is 1.20 bits per heavy atom. The summed E-state index contributed by atoms with van der Waals surface area (Å²) in [6.07, 6.45) is 7.58. The van der Waals surface area contributed by atoms with E-state index in [0.29, 0.717) is 43.1 Å². The average Bonchev–Trinajstić information content (AvgIpc) is 2.74. The number of ether oxygens (including phenoxy) is 1. The van der Waals surface area contributed by atoms with E-state index in [0.717, 1.165) is 25.5 Å². The Hall–Kier alpha value is -0.900. The molecular formula is C21H37NO3. The normalized spacial score (nSPS) is 33.8. The number of hydrogen-bond acceptors (Lipinski definition) is 4. The molecule has 0 aromatic rings. The third kappa shape index (κ3) is 5.54. The molecule has 2 rings (SSSR count). The predicted octanol–water partition coefficient (Wildman–Crippen LogP) is 4.12. The molecule has 1 N–H and O–H groups in total. The van der Waals surface area contributed by atoms with Gasteiger partial charge in [0.1, 0.15) is 6.29 Å². The van der Waals surface area contributed by atoms with Crippen molar-refractivity contribution in [2.45, 2.75) is 90.6 Å². The second kappa shape index (κ2) is 8.20. The van der Waals surface area contributed by atoms with Crippen molar-refractivity contribution >= 4 is 12.3 Å². The number of rotatable bonds is 7. The molecule has 0 spiro atoms. The average molecular weight is 352 g/mol. The summed E-state index contributed by atoms with van der Waals surface area (Å²) in [7, 11) is 0. The Morgan fingerprint density at radius 3 is 2.48 bits per heavy atom. The van der Waals surface area contributed by atoms with Crippen LogP contribution >= 0.6 is 0 Å². The van der Waals surface area contributed by atoms with E-state index in [1.54, 1.807) is 0 Å². The molecule has 2 aliphatic rings.